The van der Waals surface area contributed by atoms with Crippen LogP contribution in [0.5, 0.6) is 5.75 Å². The number of methoxy groups -OCH3 is 1. The number of hydrogen-bond donors (Lipinski definition) is 1. The van der Waals surface area contributed by atoms with Crippen LogP contribution >= 0.6 is 15.9 Å². The van der Waals surface area contributed by atoms with Gasteiger partial charge in [0.15, 0.2) is 0 Å². The van der Waals surface area contributed by atoms with E-state index >= 15 is 0 Å². The Balaban J connectivity index is 1.67. The highest BCUT2D eigenvalue weighted by molar-refractivity contribution is 9.10. The van der Waals surface area contributed by atoms with E-state index in [4.69, 9.17) is 9.47 Å². The molecule has 0 bridgehead atoms. The van der Waals surface area contributed by atoms with Gasteiger partial charge in [0.2, 0.25) is 0 Å². The Bertz CT molecular complexity index is 841. The summed E-state index contributed by atoms with van der Waals surface area (Å²) in [6, 6.07) is 13.5. The average Bonchev–Trinajstić information content (AvgIpc) is 2.96. The third-order valence-corrected chi connectivity index (χ3v) is 4.13. The van der Waals surface area contributed by atoms with Crippen LogP contribution in [0.25, 0.3) is 10.9 Å². The molecule has 0 spiro atoms. The van der Waals surface area contributed by atoms with E-state index in [1.165, 1.54) is 0 Å². The number of nitrogens with one attached hydrogen (secondary N) is 1. The number of rotatable bonds is 5. The molecule has 0 aliphatic heterocycles. The quantitative estimate of drug-likeness (QED) is 0.681. The predicted octanol–water partition coefficient (Wildman–Crippen LogP) is 4.22. The first-order chi connectivity index (χ1) is 11.2. The van der Waals surface area contributed by atoms with Gasteiger partial charge in [-0.05, 0) is 29.8 Å². The Labute approximate surface area is 142 Å². The van der Waals surface area contributed by atoms with E-state index < -0.39 is 0 Å². The summed E-state index contributed by atoms with van der Waals surface area (Å²) in [7, 11) is 1.60. The molecule has 0 aliphatic carbocycles. The van der Waals surface area contributed by atoms with Crippen LogP contribution in [0.3, 0.4) is 0 Å². The van der Waals surface area contributed by atoms with Crippen molar-refractivity contribution in [2.24, 2.45) is 0 Å². The Morgan fingerprint density at radius 2 is 2.00 bits per heavy atom. The van der Waals surface area contributed by atoms with Gasteiger partial charge in [-0.15, -0.1) is 0 Å². The number of fused-ring (bicyclic) bond motifs is 1. The number of aromatic amines is 1. The van der Waals surface area contributed by atoms with Crippen molar-refractivity contribution in [1.29, 1.82) is 0 Å². The number of esters is 1. The highest BCUT2D eigenvalue weighted by Gasteiger charge is 2.11. The maximum Gasteiger partial charge on any atom is 0.310 e. The monoisotopic (exact) mass is 373 g/mol. The molecule has 3 rings (SSSR count). The minimum absolute atomic E-state index is 0.184. The summed E-state index contributed by atoms with van der Waals surface area (Å²) in [6.45, 7) is 0.184. The molecule has 0 aliphatic rings. The molecule has 3 aromatic rings. The first-order valence-electron chi connectivity index (χ1n) is 7.20. The lowest BCUT2D eigenvalue weighted by atomic mass is 10.1. The third-order valence-electron chi connectivity index (χ3n) is 3.64. The molecule has 4 nitrogen and oxygen atoms in total. The maximum atomic E-state index is 12.1. The van der Waals surface area contributed by atoms with E-state index in [1.807, 2.05) is 48.7 Å². The minimum Gasteiger partial charge on any atom is -0.496 e. The van der Waals surface area contributed by atoms with E-state index in [0.29, 0.717) is 5.75 Å². The first-order valence-corrected chi connectivity index (χ1v) is 7.99. The zero-order chi connectivity index (χ0) is 16.2. The second-order valence-corrected chi connectivity index (χ2v) is 6.07. The van der Waals surface area contributed by atoms with Crippen LogP contribution < -0.4 is 4.74 Å². The fourth-order valence-electron chi connectivity index (χ4n) is 2.50. The molecule has 23 heavy (non-hydrogen) atoms. The number of para-hydroxylation sites is 1. The van der Waals surface area contributed by atoms with Crippen molar-refractivity contribution >= 4 is 32.8 Å². The minimum atomic E-state index is -0.267. The smallest absolute Gasteiger partial charge is 0.310 e. The molecule has 0 amide bonds. The van der Waals surface area contributed by atoms with E-state index in [9.17, 15) is 4.79 Å². The predicted molar refractivity (Wildman–Crippen MR) is 92.5 cm³/mol. The van der Waals surface area contributed by atoms with Crippen LogP contribution in [0.1, 0.15) is 11.1 Å². The Hall–Kier alpha value is -2.27. The number of hydrogen-bond acceptors (Lipinski definition) is 3. The van der Waals surface area contributed by atoms with Crippen LogP contribution in [0.2, 0.25) is 0 Å². The van der Waals surface area contributed by atoms with Gasteiger partial charge in [0, 0.05) is 27.1 Å². The molecule has 1 N–H and O–H groups in total. The molecule has 0 unspecified atom stereocenters. The fourth-order valence-corrected chi connectivity index (χ4v) is 2.91. The number of H-pyrrole nitrogens is 1. The van der Waals surface area contributed by atoms with Crippen LogP contribution in [0.15, 0.2) is 53.1 Å². The van der Waals surface area contributed by atoms with Crippen molar-refractivity contribution in [3.05, 3.63) is 64.3 Å². The average molecular weight is 374 g/mol. The number of carbonyl (C=O) groups is 1. The molecule has 1 aromatic heterocycles. The van der Waals surface area contributed by atoms with Gasteiger partial charge in [-0.25, -0.2) is 0 Å². The molecule has 0 radical (unpaired) electrons. The van der Waals surface area contributed by atoms with Gasteiger partial charge in [-0.2, -0.15) is 0 Å². The van der Waals surface area contributed by atoms with Gasteiger partial charge in [0.05, 0.1) is 13.5 Å². The largest absolute Gasteiger partial charge is 0.496 e. The van der Waals surface area contributed by atoms with E-state index in [1.54, 1.807) is 7.11 Å². The number of ether oxygens (including phenoxy) is 2. The van der Waals surface area contributed by atoms with Gasteiger partial charge in [0.1, 0.15) is 12.4 Å². The van der Waals surface area contributed by atoms with Gasteiger partial charge < -0.3 is 14.5 Å². The summed E-state index contributed by atoms with van der Waals surface area (Å²) in [5.74, 6) is 0.435. The molecule has 118 valence electrons. The lowest BCUT2D eigenvalue weighted by Crippen LogP contribution is -2.08. The van der Waals surface area contributed by atoms with Crippen molar-refractivity contribution in [2.45, 2.75) is 13.0 Å². The molecule has 2 aromatic carbocycles. The Kier molecular flexibility index (Phi) is 4.67. The van der Waals surface area contributed by atoms with Gasteiger partial charge in [-0.1, -0.05) is 34.1 Å². The molecule has 0 atom stereocenters. The van der Waals surface area contributed by atoms with E-state index in [2.05, 4.69) is 20.9 Å². The highest BCUT2D eigenvalue weighted by Crippen LogP contribution is 2.24. The van der Waals surface area contributed by atoms with Crippen molar-refractivity contribution in [1.82, 2.24) is 4.98 Å². The number of carbonyl (C=O) groups excluding carboxylic acids is 1. The zero-order valence-electron chi connectivity index (χ0n) is 12.6. The molecule has 5 heteroatoms. The van der Waals surface area contributed by atoms with Crippen molar-refractivity contribution < 1.29 is 14.3 Å². The fraction of sp³-hybridized carbons (Fsp3) is 0.167. The van der Waals surface area contributed by atoms with E-state index in [0.717, 1.165) is 26.5 Å². The SMILES string of the molecule is COc1ccc(Br)cc1COC(=O)Cc1c[nH]c2ccccc12. The van der Waals surface area contributed by atoms with Gasteiger partial charge in [0.25, 0.3) is 0 Å². The Morgan fingerprint density at radius 3 is 2.83 bits per heavy atom. The van der Waals surface area contributed by atoms with Crippen LogP contribution in [-0.2, 0) is 22.6 Å². The summed E-state index contributed by atoms with van der Waals surface area (Å²) in [5.41, 5.74) is 2.78. The Morgan fingerprint density at radius 1 is 1.17 bits per heavy atom. The molecular weight excluding hydrogens is 358 g/mol. The van der Waals surface area contributed by atoms with Crippen molar-refractivity contribution in [2.75, 3.05) is 7.11 Å². The van der Waals surface area contributed by atoms with Gasteiger partial charge in [-0.3, -0.25) is 4.79 Å². The summed E-state index contributed by atoms with van der Waals surface area (Å²) < 4.78 is 11.6. The summed E-state index contributed by atoms with van der Waals surface area (Å²) in [6.07, 6.45) is 2.09. The van der Waals surface area contributed by atoms with Gasteiger partial charge >= 0.3 is 5.97 Å². The van der Waals surface area contributed by atoms with Crippen LogP contribution in [0.4, 0.5) is 0 Å². The zero-order valence-corrected chi connectivity index (χ0v) is 14.2. The normalized spacial score (nSPS) is 10.7. The standard InChI is InChI=1S/C18H16BrNO3/c1-22-17-7-6-14(19)8-13(17)11-23-18(21)9-12-10-20-16-5-3-2-4-15(12)16/h2-8,10,20H,9,11H2,1H3. The second kappa shape index (κ2) is 6.87. The number of benzene rings is 2. The lowest BCUT2D eigenvalue weighted by molar-refractivity contribution is -0.144. The maximum absolute atomic E-state index is 12.1. The molecule has 0 fully saturated rings. The van der Waals surface area contributed by atoms with Crippen LogP contribution in [0, 0.1) is 0 Å². The van der Waals surface area contributed by atoms with Crippen molar-refractivity contribution in [3.8, 4) is 5.75 Å². The molecule has 0 saturated heterocycles. The second-order valence-electron chi connectivity index (χ2n) is 5.15. The topological polar surface area (TPSA) is 51.3 Å². The molecule has 0 saturated carbocycles. The summed E-state index contributed by atoms with van der Waals surface area (Å²) in [4.78, 5) is 15.3. The summed E-state index contributed by atoms with van der Waals surface area (Å²) in [5, 5.41) is 1.05. The first kappa shape index (κ1) is 15.6. The summed E-state index contributed by atoms with van der Waals surface area (Å²) >= 11 is 3.41. The molecule has 1 heterocycles. The highest BCUT2D eigenvalue weighted by atomic mass is 79.9. The van der Waals surface area contributed by atoms with Crippen molar-refractivity contribution in [3.63, 3.8) is 0 Å². The van der Waals surface area contributed by atoms with Crippen LogP contribution in [-0.4, -0.2) is 18.1 Å². The van der Waals surface area contributed by atoms with E-state index in [-0.39, 0.29) is 19.0 Å². The number of aromatic nitrogens is 1. The lowest BCUT2D eigenvalue weighted by Gasteiger charge is -2.09. The number of halogens is 1. The third kappa shape index (κ3) is 3.56. The molecular formula is C18H16BrNO3.